The van der Waals surface area contributed by atoms with Gasteiger partial charge in [0, 0.05) is 5.41 Å². The molecule has 2 N–H and O–H groups in total. The number of hydrogen-bond acceptors (Lipinski definition) is 3. The van der Waals surface area contributed by atoms with Crippen LogP contribution in [0.2, 0.25) is 0 Å². The molecule has 3 nitrogen and oxygen atoms in total. The topological polar surface area (TPSA) is 49.7 Å². The number of hydrogen-bond donors (Lipinski definition) is 2. The van der Waals surface area contributed by atoms with Crippen LogP contribution in [0.15, 0.2) is 0 Å². The SMILES string of the molecule is C[C@@]12CC[C@H]3[C@H](C[C@H]4OC[C@]35CC[C@H](O)CC45Br)[C@@H]1CC[C@@H]2O. The summed E-state index contributed by atoms with van der Waals surface area (Å²) in [6.45, 7) is 3.22. The molecule has 1 unspecified atom stereocenters. The van der Waals surface area contributed by atoms with Gasteiger partial charge in [-0.05, 0) is 74.5 Å². The van der Waals surface area contributed by atoms with E-state index < -0.39 is 0 Å². The summed E-state index contributed by atoms with van der Waals surface area (Å²) in [5.41, 5.74) is 0.354. The van der Waals surface area contributed by atoms with Crippen molar-refractivity contribution in [3.05, 3.63) is 0 Å². The first-order chi connectivity index (χ1) is 10.9. The molecule has 130 valence electrons. The van der Waals surface area contributed by atoms with E-state index in [9.17, 15) is 10.2 Å². The van der Waals surface area contributed by atoms with E-state index in [1.165, 1.54) is 12.8 Å². The lowest BCUT2D eigenvalue weighted by molar-refractivity contribution is -0.112. The van der Waals surface area contributed by atoms with Crippen LogP contribution in [0.4, 0.5) is 0 Å². The standard InChI is InChI=1S/C19H29BrO3/c1-17-6-5-14-12(13(17)2-3-15(17)22)8-16-19(20)9-11(21)4-7-18(14,19)10-23-16/h11-16,21-22H,2-10H2,1H3/t11-,12+,13-,14-,15-,16+,17+,18+,19?/m0/s1. The molecule has 0 aromatic rings. The van der Waals surface area contributed by atoms with Gasteiger partial charge in [-0.25, -0.2) is 0 Å². The van der Waals surface area contributed by atoms with Gasteiger partial charge in [-0.15, -0.1) is 0 Å². The predicted molar refractivity (Wildman–Crippen MR) is 91.4 cm³/mol. The van der Waals surface area contributed by atoms with Gasteiger partial charge < -0.3 is 14.9 Å². The van der Waals surface area contributed by atoms with Crippen LogP contribution in [-0.2, 0) is 4.74 Å². The van der Waals surface area contributed by atoms with E-state index >= 15 is 0 Å². The minimum Gasteiger partial charge on any atom is -0.393 e. The number of aliphatic hydroxyl groups excluding tert-OH is 2. The highest BCUT2D eigenvalue weighted by Crippen LogP contribution is 2.72. The van der Waals surface area contributed by atoms with Crippen molar-refractivity contribution in [2.45, 2.75) is 80.9 Å². The monoisotopic (exact) mass is 384 g/mol. The molecule has 0 radical (unpaired) electrons. The zero-order chi connectivity index (χ0) is 16.0. The number of fused-ring (bicyclic) bond motifs is 3. The van der Waals surface area contributed by atoms with Crippen LogP contribution in [-0.4, -0.2) is 39.5 Å². The lowest BCUT2D eigenvalue weighted by Crippen LogP contribution is -2.63. The van der Waals surface area contributed by atoms with Gasteiger partial charge in [-0.3, -0.25) is 0 Å². The Morgan fingerprint density at radius 3 is 2.70 bits per heavy atom. The Hall–Kier alpha value is 0.360. The zero-order valence-corrected chi connectivity index (χ0v) is 15.6. The fourth-order valence-corrected chi connectivity index (χ4v) is 8.98. The molecule has 0 amide bonds. The summed E-state index contributed by atoms with van der Waals surface area (Å²) >= 11 is 4.12. The van der Waals surface area contributed by atoms with Crippen LogP contribution < -0.4 is 0 Å². The van der Waals surface area contributed by atoms with Crippen molar-refractivity contribution in [3.63, 3.8) is 0 Å². The molecule has 5 rings (SSSR count). The third-order valence-corrected chi connectivity index (χ3v) is 10.5. The van der Waals surface area contributed by atoms with Crippen molar-refractivity contribution in [2.24, 2.45) is 28.6 Å². The van der Waals surface area contributed by atoms with E-state index in [4.69, 9.17) is 4.74 Å². The second-order valence-electron chi connectivity index (χ2n) is 9.47. The predicted octanol–water partition coefficient (Wildman–Crippen LogP) is 3.26. The average Bonchev–Trinajstić information content (AvgIpc) is 2.88. The lowest BCUT2D eigenvalue weighted by atomic mass is 9.45. The van der Waals surface area contributed by atoms with Gasteiger partial charge >= 0.3 is 0 Å². The van der Waals surface area contributed by atoms with Crippen molar-refractivity contribution < 1.29 is 14.9 Å². The molecule has 2 bridgehead atoms. The van der Waals surface area contributed by atoms with E-state index in [2.05, 4.69) is 22.9 Å². The largest absolute Gasteiger partial charge is 0.393 e. The molecular weight excluding hydrogens is 356 g/mol. The smallest absolute Gasteiger partial charge is 0.0738 e. The van der Waals surface area contributed by atoms with Crippen LogP contribution in [0.3, 0.4) is 0 Å². The van der Waals surface area contributed by atoms with Crippen LogP contribution in [0.5, 0.6) is 0 Å². The molecule has 1 heterocycles. The van der Waals surface area contributed by atoms with E-state index in [-0.39, 0.29) is 33.5 Å². The second-order valence-corrected chi connectivity index (χ2v) is 10.9. The van der Waals surface area contributed by atoms with Gasteiger partial charge in [0.2, 0.25) is 0 Å². The molecule has 4 heteroatoms. The second kappa shape index (κ2) is 4.75. The Morgan fingerprint density at radius 2 is 1.87 bits per heavy atom. The maximum Gasteiger partial charge on any atom is 0.0738 e. The fourth-order valence-electron chi connectivity index (χ4n) is 7.68. The van der Waals surface area contributed by atoms with E-state index in [1.807, 2.05) is 0 Å². The Kier molecular flexibility index (Phi) is 3.22. The summed E-state index contributed by atoms with van der Waals surface area (Å²) in [6.07, 6.45) is 8.55. The first-order valence-corrected chi connectivity index (χ1v) is 10.4. The number of ether oxygens (including phenoxy) is 1. The highest BCUT2D eigenvalue weighted by atomic mass is 79.9. The van der Waals surface area contributed by atoms with Gasteiger partial charge in [0.15, 0.2) is 0 Å². The molecule has 4 aliphatic carbocycles. The lowest BCUT2D eigenvalue weighted by Gasteiger charge is -2.62. The summed E-state index contributed by atoms with van der Waals surface area (Å²) < 4.78 is 6.34. The van der Waals surface area contributed by atoms with Gasteiger partial charge in [-0.2, -0.15) is 0 Å². The van der Waals surface area contributed by atoms with E-state index in [0.717, 1.165) is 45.1 Å². The number of alkyl halides is 1. The summed E-state index contributed by atoms with van der Waals surface area (Å²) in [7, 11) is 0. The first-order valence-electron chi connectivity index (χ1n) is 9.57. The first kappa shape index (κ1) is 15.6. The third-order valence-electron chi connectivity index (χ3n) is 8.92. The Balaban J connectivity index is 1.55. The normalized spacial score (nSPS) is 64.2. The zero-order valence-electron chi connectivity index (χ0n) is 14.0. The van der Waals surface area contributed by atoms with Crippen molar-refractivity contribution >= 4 is 15.9 Å². The van der Waals surface area contributed by atoms with Crippen molar-refractivity contribution in [2.75, 3.05) is 6.61 Å². The van der Waals surface area contributed by atoms with Crippen LogP contribution in [0.1, 0.15) is 58.3 Å². The number of aliphatic hydroxyl groups is 2. The minimum atomic E-state index is -0.176. The van der Waals surface area contributed by atoms with Crippen LogP contribution in [0.25, 0.3) is 0 Å². The van der Waals surface area contributed by atoms with E-state index in [1.54, 1.807) is 0 Å². The summed E-state index contributed by atoms with van der Waals surface area (Å²) in [5, 5.41) is 20.8. The highest BCUT2D eigenvalue weighted by molar-refractivity contribution is 9.10. The number of rotatable bonds is 0. The molecule has 1 aliphatic heterocycles. The van der Waals surface area contributed by atoms with Crippen LogP contribution >= 0.6 is 15.9 Å². The Morgan fingerprint density at radius 1 is 1.04 bits per heavy atom. The molecule has 4 saturated carbocycles. The molecule has 0 aromatic heterocycles. The third kappa shape index (κ3) is 1.72. The average molecular weight is 385 g/mol. The molecule has 5 aliphatic rings. The van der Waals surface area contributed by atoms with Crippen LogP contribution in [0, 0.1) is 28.6 Å². The molecule has 23 heavy (non-hydrogen) atoms. The highest BCUT2D eigenvalue weighted by Gasteiger charge is 2.72. The maximum atomic E-state index is 10.6. The molecular formula is C19H29BrO3. The van der Waals surface area contributed by atoms with Crippen molar-refractivity contribution in [1.29, 1.82) is 0 Å². The van der Waals surface area contributed by atoms with Crippen molar-refractivity contribution in [1.82, 2.24) is 0 Å². The molecule has 0 spiro atoms. The molecule has 1 saturated heterocycles. The molecule has 0 aromatic carbocycles. The Bertz CT molecular complexity index is 527. The summed E-state index contributed by atoms with van der Waals surface area (Å²) in [6, 6.07) is 0. The van der Waals surface area contributed by atoms with Gasteiger partial charge in [0.25, 0.3) is 0 Å². The number of halogens is 1. The Labute approximate surface area is 147 Å². The minimum absolute atomic E-state index is 0.0101. The van der Waals surface area contributed by atoms with Gasteiger partial charge in [-0.1, -0.05) is 22.9 Å². The summed E-state index contributed by atoms with van der Waals surface area (Å²) in [5.74, 6) is 2.08. The molecule has 5 fully saturated rings. The van der Waals surface area contributed by atoms with Gasteiger partial charge in [0.05, 0.1) is 29.2 Å². The maximum absolute atomic E-state index is 10.6. The fraction of sp³-hybridized carbons (Fsp3) is 1.00. The summed E-state index contributed by atoms with van der Waals surface area (Å²) in [4.78, 5) is 0. The van der Waals surface area contributed by atoms with Crippen molar-refractivity contribution in [3.8, 4) is 0 Å². The van der Waals surface area contributed by atoms with Gasteiger partial charge in [0.1, 0.15) is 0 Å². The molecule has 9 atom stereocenters. The quantitative estimate of drug-likeness (QED) is 0.630. The van der Waals surface area contributed by atoms with E-state index in [0.29, 0.717) is 17.8 Å².